The highest BCUT2D eigenvalue weighted by atomic mass is 16.6. The van der Waals surface area contributed by atoms with Crippen molar-refractivity contribution in [2.45, 2.75) is 43.7 Å². The maximum atomic E-state index is 10.9. The molecule has 0 saturated carbocycles. The largest absolute Gasteiger partial charge is 0.382 e. The summed E-state index contributed by atoms with van der Waals surface area (Å²) in [6.45, 7) is 1.13. The number of rotatable bonds is 11. The van der Waals surface area contributed by atoms with Crippen molar-refractivity contribution in [3.63, 3.8) is 0 Å². The van der Waals surface area contributed by atoms with E-state index < -0.39 is 23.9 Å². The Morgan fingerprint density at radius 2 is 1.40 bits per heavy atom. The molecule has 3 heterocycles. The molecule has 9 heteroatoms. The lowest BCUT2D eigenvalue weighted by atomic mass is 9.92. The molecule has 1 saturated heterocycles. The van der Waals surface area contributed by atoms with Gasteiger partial charge in [-0.15, -0.1) is 0 Å². The van der Waals surface area contributed by atoms with Crippen molar-refractivity contribution in [2.75, 3.05) is 12.3 Å². The number of hydrogen-bond acceptors (Lipinski definition) is 8. The van der Waals surface area contributed by atoms with E-state index in [1.165, 1.54) is 6.33 Å². The molecule has 0 amide bonds. The van der Waals surface area contributed by atoms with Crippen molar-refractivity contribution >= 4 is 11.3 Å². The van der Waals surface area contributed by atoms with Crippen molar-refractivity contribution in [2.24, 2.45) is 0 Å². The molecule has 1 aliphatic rings. The minimum Gasteiger partial charge on any atom is -0.382 e. The number of aromatic nitrogens is 3. The zero-order chi connectivity index (χ0) is 28.8. The van der Waals surface area contributed by atoms with Gasteiger partial charge in [-0.2, -0.15) is 10.4 Å². The molecule has 1 fully saturated rings. The van der Waals surface area contributed by atoms with Gasteiger partial charge in [-0.25, -0.2) is 9.50 Å². The van der Waals surface area contributed by atoms with E-state index in [1.54, 1.807) is 16.6 Å². The number of nitriles is 1. The number of hydrogen-bond donors (Lipinski definition) is 1. The predicted octanol–water partition coefficient (Wildman–Crippen LogP) is 4.82. The van der Waals surface area contributed by atoms with Crippen LogP contribution in [0.15, 0.2) is 109 Å². The fourth-order valence-electron chi connectivity index (χ4n) is 5.32. The predicted molar refractivity (Wildman–Crippen MR) is 156 cm³/mol. The third kappa shape index (κ3) is 5.62. The first kappa shape index (κ1) is 27.6. The van der Waals surface area contributed by atoms with Crippen molar-refractivity contribution in [3.05, 3.63) is 132 Å². The number of nitrogens with two attached hydrogens (primary N) is 1. The Kier molecular flexibility index (Phi) is 8.21. The highest BCUT2D eigenvalue weighted by Crippen LogP contribution is 2.44. The van der Waals surface area contributed by atoms with Crippen LogP contribution >= 0.6 is 0 Å². The first-order valence-electron chi connectivity index (χ1n) is 13.8. The van der Waals surface area contributed by atoms with E-state index in [9.17, 15) is 5.26 Å². The summed E-state index contributed by atoms with van der Waals surface area (Å²) in [6, 6.07) is 35.6. The van der Waals surface area contributed by atoms with Crippen LogP contribution in [-0.2, 0) is 44.4 Å². The van der Waals surface area contributed by atoms with Gasteiger partial charge < -0.3 is 24.7 Å². The molecule has 2 N–H and O–H groups in total. The van der Waals surface area contributed by atoms with Gasteiger partial charge in [0, 0.05) is 0 Å². The quantitative estimate of drug-likeness (QED) is 0.244. The second kappa shape index (κ2) is 12.5. The van der Waals surface area contributed by atoms with Gasteiger partial charge >= 0.3 is 0 Å². The summed E-state index contributed by atoms with van der Waals surface area (Å²) in [7, 11) is 0. The Hall–Kier alpha value is -4.59. The minimum absolute atomic E-state index is 0.184. The molecule has 0 spiro atoms. The summed E-state index contributed by atoms with van der Waals surface area (Å²) in [5.41, 5.74) is 8.59. The number of fused-ring (bicyclic) bond motifs is 1. The molecular formula is C33H31N5O4. The number of nitrogens with zero attached hydrogens (tertiary/aromatic N) is 4. The van der Waals surface area contributed by atoms with Crippen LogP contribution in [0.3, 0.4) is 0 Å². The third-order valence-electron chi connectivity index (χ3n) is 7.38. The Labute approximate surface area is 244 Å². The van der Waals surface area contributed by atoms with Gasteiger partial charge in [-0.05, 0) is 28.8 Å². The molecule has 2 aromatic heterocycles. The van der Waals surface area contributed by atoms with Crippen molar-refractivity contribution in [3.8, 4) is 6.07 Å². The maximum Gasteiger partial charge on any atom is 0.225 e. The van der Waals surface area contributed by atoms with E-state index in [4.69, 9.17) is 24.7 Å². The van der Waals surface area contributed by atoms with Gasteiger partial charge in [0.05, 0.1) is 32.1 Å². The molecule has 0 radical (unpaired) electrons. The molecule has 6 rings (SSSR count). The number of anilines is 1. The van der Waals surface area contributed by atoms with E-state index in [2.05, 4.69) is 16.2 Å². The molecule has 0 bridgehead atoms. The van der Waals surface area contributed by atoms with Crippen LogP contribution in [0.4, 0.5) is 5.82 Å². The second-order valence-corrected chi connectivity index (χ2v) is 10.1. The van der Waals surface area contributed by atoms with Gasteiger partial charge in [0.1, 0.15) is 36.2 Å². The maximum absolute atomic E-state index is 10.9. The fourth-order valence-corrected chi connectivity index (χ4v) is 5.32. The normalized spacial score (nSPS) is 21.8. The fraction of sp³-hybridized carbons (Fsp3) is 0.242. The smallest absolute Gasteiger partial charge is 0.225 e. The standard InChI is InChI=1S/C33H31N5O4/c34-22-33(29-17-16-27-32(35)36-23-37-38(27)29)31(41-20-26-14-8-3-9-15-26)30(40-19-25-12-6-2-7-13-25)28(42-33)21-39-18-24-10-4-1-5-11-24/h1-17,23,28,30-31H,18-21H2,(H2,35,36,37)/t28?,30?,31?,33-/m0/s1. The van der Waals surface area contributed by atoms with Crippen LogP contribution in [0.5, 0.6) is 0 Å². The lowest BCUT2D eigenvalue weighted by Gasteiger charge is -2.29. The molecule has 42 heavy (non-hydrogen) atoms. The van der Waals surface area contributed by atoms with Crippen LogP contribution in [0.1, 0.15) is 22.4 Å². The lowest BCUT2D eigenvalue weighted by Crippen LogP contribution is -2.44. The zero-order valence-corrected chi connectivity index (χ0v) is 23.0. The van der Waals surface area contributed by atoms with Crippen LogP contribution in [0, 0.1) is 11.3 Å². The monoisotopic (exact) mass is 561 g/mol. The molecule has 4 atom stereocenters. The van der Waals surface area contributed by atoms with Crippen molar-refractivity contribution in [1.82, 2.24) is 14.6 Å². The zero-order valence-electron chi connectivity index (χ0n) is 23.0. The average molecular weight is 562 g/mol. The average Bonchev–Trinajstić information content (AvgIpc) is 3.61. The molecule has 9 nitrogen and oxygen atoms in total. The minimum atomic E-state index is -1.58. The number of ether oxygens (including phenoxy) is 4. The molecule has 1 aliphatic heterocycles. The Morgan fingerprint density at radius 3 is 2.02 bits per heavy atom. The van der Waals surface area contributed by atoms with Crippen LogP contribution in [0.2, 0.25) is 0 Å². The Balaban J connectivity index is 1.37. The van der Waals surface area contributed by atoms with E-state index in [0.29, 0.717) is 30.2 Å². The Morgan fingerprint density at radius 1 is 0.810 bits per heavy atom. The van der Waals surface area contributed by atoms with Crippen LogP contribution in [0.25, 0.3) is 5.52 Å². The molecule has 0 aliphatic carbocycles. The van der Waals surface area contributed by atoms with E-state index in [0.717, 1.165) is 16.7 Å². The molecule has 3 unspecified atom stereocenters. The summed E-state index contributed by atoms with van der Waals surface area (Å²) in [4.78, 5) is 4.10. The summed E-state index contributed by atoms with van der Waals surface area (Å²) in [5.74, 6) is 0.295. The summed E-state index contributed by atoms with van der Waals surface area (Å²) in [5, 5.41) is 15.3. The molecule has 212 valence electrons. The first-order valence-corrected chi connectivity index (χ1v) is 13.8. The highest BCUT2D eigenvalue weighted by molar-refractivity contribution is 5.66. The van der Waals surface area contributed by atoms with Gasteiger partial charge in [0.15, 0.2) is 5.82 Å². The first-order chi connectivity index (χ1) is 20.7. The van der Waals surface area contributed by atoms with E-state index >= 15 is 0 Å². The lowest BCUT2D eigenvalue weighted by molar-refractivity contribution is -0.0971. The van der Waals surface area contributed by atoms with Gasteiger partial charge in [-0.3, -0.25) is 0 Å². The summed E-state index contributed by atoms with van der Waals surface area (Å²) >= 11 is 0. The topological polar surface area (TPSA) is 117 Å². The van der Waals surface area contributed by atoms with E-state index in [1.807, 2.05) is 91.0 Å². The molecular weight excluding hydrogens is 530 g/mol. The van der Waals surface area contributed by atoms with Gasteiger partial charge in [0.2, 0.25) is 5.60 Å². The summed E-state index contributed by atoms with van der Waals surface area (Å²) in [6.07, 6.45) is -0.738. The van der Waals surface area contributed by atoms with Gasteiger partial charge in [0.25, 0.3) is 0 Å². The van der Waals surface area contributed by atoms with Crippen molar-refractivity contribution in [1.29, 1.82) is 5.26 Å². The third-order valence-corrected chi connectivity index (χ3v) is 7.38. The SMILES string of the molecule is N#C[C@@]1(c2ccc3c(N)ncnn23)OC(COCc2ccccc2)C(OCc2ccccc2)C1OCc1ccccc1. The Bertz CT molecular complexity index is 1640. The van der Waals surface area contributed by atoms with Crippen LogP contribution in [-0.4, -0.2) is 39.5 Å². The van der Waals surface area contributed by atoms with Gasteiger partial charge in [-0.1, -0.05) is 91.0 Å². The number of benzene rings is 3. The highest BCUT2D eigenvalue weighted by Gasteiger charge is 2.60. The molecule has 5 aromatic rings. The van der Waals surface area contributed by atoms with Crippen LogP contribution < -0.4 is 5.73 Å². The second-order valence-electron chi connectivity index (χ2n) is 10.1. The molecule has 3 aromatic carbocycles. The van der Waals surface area contributed by atoms with Crippen molar-refractivity contribution < 1.29 is 18.9 Å². The van der Waals surface area contributed by atoms with E-state index in [-0.39, 0.29) is 13.2 Å². The number of nitrogen functional groups attached to an aromatic ring is 1. The summed E-state index contributed by atoms with van der Waals surface area (Å²) < 4.78 is 27.5.